The van der Waals surface area contributed by atoms with Crippen molar-refractivity contribution < 1.29 is 4.74 Å². The first-order valence-corrected chi connectivity index (χ1v) is 9.32. The van der Waals surface area contributed by atoms with Gasteiger partial charge in [0.25, 0.3) is 0 Å². The lowest BCUT2D eigenvalue weighted by Gasteiger charge is -2.43. The molecule has 1 aromatic rings. The van der Waals surface area contributed by atoms with E-state index in [4.69, 9.17) is 4.74 Å². The minimum absolute atomic E-state index is 0.0440. The molecule has 0 aliphatic carbocycles. The maximum Gasteiger partial charge on any atom is 0.123 e. The fourth-order valence-electron chi connectivity index (χ4n) is 4.48. The first kappa shape index (κ1) is 15.0. The Morgan fingerprint density at radius 3 is 2.95 bits per heavy atom. The molecule has 3 heterocycles. The Balaban J connectivity index is 1.48. The van der Waals surface area contributed by atoms with Crippen LogP contribution in [0, 0.1) is 5.92 Å². The van der Waals surface area contributed by atoms with Gasteiger partial charge in [-0.3, -0.25) is 0 Å². The lowest BCUT2D eigenvalue weighted by molar-refractivity contribution is 0.0230. The van der Waals surface area contributed by atoms with Crippen molar-refractivity contribution in [3.63, 3.8) is 0 Å². The molecule has 2 saturated heterocycles. The van der Waals surface area contributed by atoms with E-state index in [1.54, 1.807) is 0 Å². The van der Waals surface area contributed by atoms with Crippen molar-refractivity contribution in [1.82, 2.24) is 10.2 Å². The Morgan fingerprint density at radius 1 is 1.32 bits per heavy atom. The summed E-state index contributed by atoms with van der Waals surface area (Å²) in [6, 6.07) is 7.07. The van der Waals surface area contributed by atoms with Crippen molar-refractivity contribution in [2.24, 2.45) is 5.92 Å². The highest BCUT2D eigenvalue weighted by atomic mass is 79.9. The molecule has 1 aromatic carbocycles. The third-order valence-electron chi connectivity index (χ3n) is 5.77. The number of fused-ring (bicyclic) bond motifs is 1. The number of nitrogens with zero attached hydrogens (tertiary/aromatic N) is 1. The number of likely N-dealkylation sites (tertiary alicyclic amines) is 1. The summed E-state index contributed by atoms with van der Waals surface area (Å²) in [5.74, 6) is 1.92. The first-order valence-electron chi connectivity index (χ1n) is 8.53. The highest BCUT2D eigenvalue weighted by molar-refractivity contribution is 9.10. The van der Waals surface area contributed by atoms with Crippen LogP contribution in [-0.4, -0.2) is 43.2 Å². The van der Waals surface area contributed by atoms with Gasteiger partial charge in [0.15, 0.2) is 0 Å². The van der Waals surface area contributed by atoms with Crippen LogP contribution in [-0.2, 0) is 6.42 Å². The van der Waals surface area contributed by atoms with E-state index in [-0.39, 0.29) is 5.60 Å². The summed E-state index contributed by atoms with van der Waals surface area (Å²) in [7, 11) is 2.24. The van der Waals surface area contributed by atoms with Crippen LogP contribution in [0.2, 0.25) is 0 Å². The zero-order valence-electron chi connectivity index (χ0n) is 13.3. The monoisotopic (exact) mass is 364 g/mol. The van der Waals surface area contributed by atoms with Crippen molar-refractivity contribution in [2.45, 2.75) is 43.7 Å². The van der Waals surface area contributed by atoms with Crippen LogP contribution < -0.4 is 10.1 Å². The van der Waals surface area contributed by atoms with Gasteiger partial charge in [-0.1, -0.05) is 15.9 Å². The van der Waals surface area contributed by atoms with Gasteiger partial charge in [-0.25, -0.2) is 0 Å². The Bertz CT molecular complexity index is 556. The van der Waals surface area contributed by atoms with E-state index in [0.717, 1.165) is 41.9 Å². The molecule has 0 aromatic heterocycles. The summed E-state index contributed by atoms with van der Waals surface area (Å²) in [5.41, 5.74) is 1.42. The largest absolute Gasteiger partial charge is 0.487 e. The second-order valence-corrected chi connectivity index (χ2v) is 8.29. The molecule has 1 unspecified atom stereocenters. The van der Waals surface area contributed by atoms with Gasteiger partial charge in [0.2, 0.25) is 0 Å². The van der Waals surface area contributed by atoms with E-state index >= 15 is 0 Å². The zero-order chi connectivity index (χ0) is 15.2. The van der Waals surface area contributed by atoms with Crippen LogP contribution in [0.25, 0.3) is 0 Å². The van der Waals surface area contributed by atoms with E-state index in [9.17, 15) is 0 Å². The van der Waals surface area contributed by atoms with Crippen LogP contribution in [0.15, 0.2) is 22.7 Å². The summed E-state index contributed by atoms with van der Waals surface area (Å²) in [4.78, 5) is 2.45. The normalized spacial score (nSPS) is 32.9. The number of nitrogens with one attached hydrogen (secondary N) is 1. The van der Waals surface area contributed by atoms with Gasteiger partial charge in [-0.15, -0.1) is 0 Å². The molecule has 3 aliphatic heterocycles. The quantitative estimate of drug-likeness (QED) is 0.827. The Morgan fingerprint density at radius 2 is 2.14 bits per heavy atom. The molecule has 120 valence electrons. The molecule has 3 nitrogen and oxygen atoms in total. The smallest absolute Gasteiger partial charge is 0.123 e. The number of halogens is 1. The SMILES string of the molecule is CN1CCC([C@H]2CC3(CCN2)Cc2cc(Br)ccc2O3)CC1. The summed E-state index contributed by atoms with van der Waals surface area (Å²) >= 11 is 3.58. The molecule has 4 heteroatoms. The molecule has 1 N–H and O–H groups in total. The van der Waals surface area contributed by atoms with Gasteiger partial charge < -0.3 is 15.0 Å². The fraction of sp³-hybridized carbons (Fsp3) is 0.667. The third kappa shape index (κ3) is 2.81. The summed E-state index contributed by atoms with van der Waals surface area (Å²) in [6.45, 7) is 3.57. The molecular weight excluding hydrogens is 340 g/mol. The molecule has 22 heavy (non-hydrogen) atoms. The number of hydrogen-bond donors (Lipinski definition) is 1. The van der Waals surface area contributed by atoms with Gasteiger partial charge in [0, 0.05) is 23.4 Å². The third-order valence-corrected chi connectivity index (χ3v) is 6.27. The molecule has 4 rings (SSSR count). The molecule has 0 amide bonds. The second-order valence-electron chi connectivity index (χ2n) is 7.37. The molecule has 0 saturated carbocycles. The highest BCUT2D eigenvalue weighted by Crippen LogP contribution is 2.43. The van der Waals surface area contributed by atoms with Crippen molar-refractivity contribution in [3.8, 4) is 5.75 Å². The Kier molecular flexibility index (Phi) is 3.95. The topological polar surface area (TPSA) is 24.5 Å². The first-order chi connectivity index (χ1) is 10.6. The number of ether oxygens (including phenoxy) is 1. The van der Waals surface area contributed by atoms with E-state index in [0.29, 0.717) is 6.04 Å². The number of piperidine rings is 2. The molecule has 2 fully saturated rings. The van der Waals surface area contributed by atoms with E-state index in [1.807, 2.05) is 0 Å². The average Bonchev–Trinajstić information content (AvgIpc) is 2.84. The predicted molar refractivity (Wildman–Crippen MR) is 92.5 cm³/mol. The van der Waals surface area contributed by atoms with Crippen LogP contribution in [0.1, 0.15) is 31.2 Å². The second kappa shape index (κ2) is 5.81. The van der Waals surface area contributed by atoms with E-state index in [2.05, 4.69) is 51.4 Å². The van der Waals surface area contributed by atoms with Crippen molar-refractivity contribution in [3.05, 3.63) is 28.2 Å². The average molecular weight is 365 g/mol. The maximum atomic E-state index is 6.46. The Hall–Kier alpha value is -0.580. The molecule has 1 spiro atoms. The van der Waals surface area contributed by atoms with E-state index in [1.165, 1.54) is 31.5 Å². The molecule has 0 bridgehead atoms. The van der Waals surface area contributed by atoms with Crippen LogP contribution in [0.4, 0.5) is 0 Å². The van der Waals surface area contributed by atoms with Crippen molar-refractivity contribution in [2.75, 3.05) is 26.7 Å². The lowest BCUT2D eigenvalue weighted by Crippen LogP contribution is -2.54. The molecule has 0 radical (unpaired) electrons. The highest BCUT2D eigenvalue weighted by Gasteiger charge is 2.45. The van der Waals surface area contributed by atoms with Gasteiger partial charge >= 0.3 is 0 Å². The van der Waals surface area contributed by atoms with Crippen LogP contribution in [0.5, 0.6) is 5.75 Å². The fourth-order valence-corrected chi connectivity index (χ4v) is 4.89. The summed E-state index contributed by atoms with van der Waals surface area (Å²) in [6.07, 6.45) is 6.01. The van der Waals surface area contributed by atoms with Crippen LogP contribution in [0.3, 0.4) is 0 Å². The van der Waals surface area contributed by atoms with Gasteiger partial charge in [-0.05, 0) is 75.6 Å². The minimum atomic E-state index is 0.0440. The van der Waals surface area contributed by atoms with E-state index < -0.39 is 0 Å². The molecular formula is C18H25BrN2O. The van der Waals surface area contributed by atoms with Crippen molar-refractivity contribution >= 4 is 15.9 Å². The standard InChI is InChI=1S/C18H25BrN2O/c1-21-8-4-13(5-9-21)16-12-18(6-7-20-16)11-14-10-15(19)2-3-17(14)22-18/h2-3,10,13,16,20H,4-9,11-12H2,1H3/t16-,18?/m1/s1. The number of rotatable bonds is 1. The van der Waals surface area contributed by atoms with Gasteiger partial charge in [0.1, 0.15) is 11.4 Å². The summed E-state index contributed by atoms with van der Waals surface area (Å²) in [5, 5.41) is 3.79. The number of benzene rings is 1. The minimum Gasteiger partial charge on any atom is -0.487 e. The number of hydrogen-bond acceptors (Lipinski definition) is 3. The van der Waals surface area contributed by atoms with Gasteiger partial charge in [0.05, 0.1) is 0 Å². The lowest BCUT2D eigenvalue weighted by atomic mass is 9.77. The van der Waals surface area contributed by atoms with Gasteiger partial charge in [-0.2, -0.15) is 0 Å². The predicted octanol–water partition coefficient (Wildman–Crippen LogP) is 3.22. The van der Waals surface area contributed by atoms with Crippen molar-refractivity contribution in [1.29, 1.82) is 0 Å². The Labute approximate surface area is 141 Å². The molecule has 3 aliphatic rings. The maximum absolute atomic E-state index is 6.46. The molecule has 2 atom stereocenters. The zero-order valence-corrected chi connectivity index (χ0v) is 14.9. The van der Waals surface area contributed by atoms with Crippen LogP contribution >= 0.6 is 15.9 Å². The summed E-state index contributed by atoms with van der Waals surface area (Å²) < 4.78 is 7.62.